The van der Waals surface area contributed by atoms with E-state index in [4.69, 9.17) is 0 Å². The Morgan fingerprint density at radius 3 is 2.64 bits per heavy atom. The molecule has 5 nitrogen and oxygen atoms in total. The van der Waals surface area contributed by atoms with Gasteiger partial charge in [0.05, 0.1) is 10.2 Å². The van der Waals surface area contributed by atoms with Crippen molar-refractivity contribution < 1.29 is 5.43 Å². The average molecular weight is 170 g/mol. The van der Waals surface area contributed by atoms with E-state index in [9.17, 15) is 0 Å². The molecule has 0 spiro atoms. The molecule has 0 bridgehead atoms. The second-order valence-electron chi connectivity index (χ2n) is 1.67. The first-order chi connectivity index (χ1) is 5.39. The van der Waals surface area contributed by atoms with Crippen LogP contribution in [0.3, 0.4) is 0 Å². The molecule has 1 aliphatic rings. The number of aryl methyl sites for hydroxylation is 1. The minimum Gasteiger partial charge on any atom is -0.250 e. The van der Waals surface area contributed by atoms with E-state index in [0.717, 1.165) is 5.01 Å². The van der Waals surface area contributed by atoms with E-state index < -0.39 is 0 Å². The van der Waals surface area contributed by atoms with Crippen LogP contribution < -0.4 is 5.43 Å². The van der Waals surface area contributed by atoms with Crippen molar-refractivity contribution in [2.24, 2.45) is 15.5 Å². The maximum Gasteiger partial charge on any atom is 0.236 e. The van der Waals surface area contributed by atoms with Gasteiger partial charge in [-0.05, 0) is 6.92 Å². The van der Waals surface area contributed by atoms with Gasteiger partial charge in [0.2, 0.25) is 6.34 Å². The summed E-state index contributed by atoms with van der Waals surface area (Å²) < 4.78 is 0. The maximum absolute atomic E-state index is 3.94. The van der Waals surface area contributed by atoms with E-state index in [0.29, 0.717) is 0 Å². The van der Waals surface area contributed by atoms with E-state index in [1.54, 1.807) is 17.5 Å². The molecule has 1 aromatic heterocycles. The SMILES string of the molecule is C1=NN=N[NH2+]1.Cc1nccs1. The molecule has 0 unspecified atom stereocenters. The molecule has 2 heterocycles. The Kier molecular flexibility index (Phi) is 3.36. The normalized spacial score (nSPS) is 12.8. The zero-order valence-corrected chi connectivity index (χ0v) is 6.82. The van der Waals surface area contributed by atoms with E-state index in [2.05, 4.69) is 20.5 Å². The summed E-state index contributed by atoms with van der Waals surface area (Å²) >= 11 is 1.67. The van der Waals surface area contributed by atoms with Crippen LogP contribution in [-0.4, -0.2) is 11.3 Å². The summed E-state index contributed by atoms with van der Waals surface area (Å²) in [5.74, 6) is 0. The molecule has 0 atom stereocenters. The number of thiazole rings is 1. The Labute approximate surface area is 67.9 Å². The third-order valence-electron chi connectivity index (χ3n) is 0.859. The van der Waals surface area contributed by atoms with Gasteiger partial charge in [-0.15, -0.1) is 11.3 Å². The quantitative estimate of drug-likeness (QED) is 0.560. The van der Waals surface area contributed by atoms with Crippen LogP contribution >= 0.6 is 11.3 Å². The van der Waals surface area contributed by atoms with Crippen molar-refractivity contribution in [2.75, 3.05) is 0 Å². The Morgan fingerprint density at radius 1 is 1.55 bits per heavy atom. The molecule has 0 fully saturated rings. The summed E-state index contributed by atoms with van der Waals surface area (Å²) in [6.45, 7) is 1.99. The van der Waals surface area contributed by atoms with Crippen molar-refractivity contribution >= 4 is 17.7 Å². The van der Waals surface area contributed by atoms with Crippen molar-refractivity contribution in [1.82, 2.24) is 4.98 Å². The molecule has 11 heavy (non-hydrogen) atoms. The molecule has 0 aliphatic carbocycles. The fraction of sp³-hybridized carbons (Fsp3) is 0.200. The molecule has 2 rings (SSSR count). The van der Waals surface area contributed by atoms with Crippen molar-refractivity contribution in [1.29, 1.82) is 0 Å². The summed E-state index contributed by atoms with van der Waals surface area (Å²) in [7, 11) is 0. The van der Waals surface area contributed by atoms with E-state index >= 15 is 0 Å². The molecule has 0 saturated carbocycles. The van der Waals surface area contributed by atoms with Crippen LogP contribution in [0.2, 0.25) is 0 Å². The molecule has 1 aliphatic heterocycles. The number of nitrogens with zero attached hydrogens (tertiary/aromatic N) is 4. The monoisotopic (exact) mass is 170 g/mol. The van der Waals surface area contributed by atoms with Crippen molar-refractivity contribution in [3.63, 3.8) is 0 Å². The average Bonchev–Trinajstić information content (AvgIpc) is 2.57. The topological polar surface area (TPSA) is 66.6 Å². The highest BCUT2D eigenvalue weighted by molar-refractivity contribution is 7.09. The van der Waals surface area contributed by atoms with Gasteiger partial charge >= 0.3 is 0 Å². The smallest absolute Gasteiger partial charge is 0.236 e. The van der Waals surface area contributed by atoms with Crippen LogP contribution in [0.1, 0.15) is 5.01 Å². The van der Waals surface area contributed by atoms with Gasteiger partial charge in [0.15, 0.2) is 0 Å². The maximum atomic E-state index is 3.94. The van der Waals surface area contributed by atoms with Crippen LogP contribution in [0, 0.1) is 6.92 Å². The van der Waals surface area contributed by atoms with Crippen LogP contribution in [0.5, 0.6) is 0 Å². The standard InChI is InChI=1S/C4H5NS.CH2N4/c1-4-5-2-3-6-4;1-2-4-5-3-1/h2-3H,1H3;1H,(H,2,3,4,5)/p+1. The van der Waals surface area contributed by atoms with Crippen LogP contribution in [-0.2, 0) is 0 Å². The van der Waals surface area contributed by atoms with Gasteiger partial charge in [0.1, 0.15) is 0 Å². The predicted molar refractivity (Wildman–Crippen MR) is 42.1 cm³/mol. The fourth-order valence-corrected chi connectivity index (χ4v) is 0.884. The van der Waals surface area contributed by atoms with Gasteiger partial charge in [-0.1, -0.05) is 5.10 Å². The van der Waals surface area contributed by atoms with Gasteiger partial charge in [-0.2, -0.15) is 5.43 Å². The van der Waals surface area contributed by atoms with Crippen molar-refractivity contribution in [3.05, 3.63) is 16.6 Å². The van der Waals surface area contributed by atoms with Crippen LogP contribution in [0.15, 0.2) is 27.1 Å². The molecule has 0 aromatic carbocycles. The predicted octanol–water partition coefficient (Wildman–Crippen LogP) is 0.325. The van der Waals surface area contributed by atoms with Crippen molar-refractivity contribution in [2.45, 2.75) is 6.92 Å². The first-order valence-corrected chi connectivity index (χ1v) is 3.88. The molecule has 6 heteroatoms. The highest BCUT2D eigenvalue weighted by Gasteiger charge is 1.79. The lowest BCUT2D eigenvalue weighted by Gasteiger charge is -1.65. The third-order valence-corrected chi connectivity index (χ3v) is 1.56. The third kappa shape index (κ3) is 3.54. The number of aromatic nitrogens is 1. The zero-order chi connectivity index (χ0) is 7.94. The largest absolute Gasteiger partial charge is 0.250 e. The number of nitrogens with two attached hydrogens (primary N) is 1. The highest BCUT2D eigenvalue weighted by atomic mass is 32.1. The van der Waals surface area contributed by atoms with Crippen LogP contribution in [0.25, 0.3) is 0 Å². The molecular weight excluding hydrogens is 162 g/mol. The Balaban J connectivity index is 0.000000112. The lowest BCUT2D eigenvalue weighted by molar-refractivity contribution is -0.538. The summed E-state index contributed by atoms with van der Waals surface area (Å²) in [6, 6.07) is 0. The minimum absolute atomic E-state index is 1.13. The number of quaternary nitrogens is 1. The van der Waals surface area contributed by atoms with Crippen molar-refractivity contribution in [3.8, 4) is 0 Å². The molecule has 1 aromatic rings. The lowest BCUT2D eigenvalue weighted by Crippen LogP contribution is -2.74. The summed E-state index contributed by atoms with van der Waals surface area (Å²) in [4.78, 5) is 3.94. The molecule has 0 saturated heterocycles. The zero-order valence-electron chi connectivity index (χ0n) is 6.01. The van der Waals surface area contributed by atoms with Gasteiger partial charge < -0.3 is 0 Å². The summed E-state index contributed by atoms with van der Waals surface area (Å²) in [5, 5.41) is 13.0. The summed E-state index contributed by atoms with van der Waals surface area (Å²) in [5.41, 5.74) is 1.53. The Morgan fingerprint density at radius 2 is 2.45 bits per heavy atom. The molecule has 2 N–H and O–H groups in total. The lowest BCUT2D eigenvalue weighted by atomic mass is 10.8. The Hall–Kier alpha value is -1.14. The van der Waals surface area contributed by atoms with Gasteiger partial charge in [0, 0.05) is 16.8 Å². The molecular formula is C5H8N5S+. The Bertz CT molecular complexity index is 229. The number of hydrogen-bond donors (Lipinski definition) is 1. The fourth-order valence-electron chi connectivity index (χ4n) is 0.444. The first-order valence-electron chi connectivity index (χ1n) is 3.00. The van der Waals surface area contributed by atoms with Gasteiger partial charge in [-0.25, -0.2) is 0 Å². The minimum atomic E-state index is 1.13. The molecule has 58 valence electrons. The first kappa shape index (κ1) is 7.96. The van der Waals surface area contributed by atoms with Gasteiger partial charge in [0.25, 0.3) is 0 Å². The number of rotatable bonds is 0. The van der Waals surface area contributed by atoms with E-state index in [1.165, 1.54) is 11.8 Å². The molecule has 0 amide bonds. The summed E-state index contributed by atoms with van der Waals surface area (Å²) in [6.07, 6.45) is 3.33. The van der Waals surface area contributed by atoms with E-state index in [1.807, 2.05) is 12.3 Å². The highest BCUT2D eigenvalue weighted by Crippen LogP contribution is 1.98. The van der Waals surface area contributed by atoms with Gasteiger partial charge in [-0.3, -0.25) is 4.98 Å². The van der Waals surface area contributed by atoms with E-state index in [-0.39, 0.29) is 0 Å². The second-order valence-corrected chi connectivity index (χ2v) is 2.77. The number of hydrogen-bond acceptors (Lipinski definition) is 5. The van der Waals surface area contributed by atoms with Crippen LogP contribution in [0.4, 0.5) is 0 Å². The second kappa shape index (κ2) is 4.64. The molecule has 0 radical (unpaired) electrons.